The van der Waals surface area contributed by atoms with Gasteiger partial charge in [-0.2, -0.15) is 5.10 Å². The Morgan fingerprint density at radius 2 is 1.80 bits per heavy atom. The maximum Gasteiger partial charge on any atom is 0.211 e. The molecule has 0 heterocycles. The molecule has 5 nitrogen and oxygen atoms in total. The molecular formula is C15H16N4O. The van der Waals surface area contributed by atoms with Crippen LogP contribution in [0.2, 0.25) is 0 Å². The molecule has 0 atom stereocenters. The summed E-state index contributed by atoms with van der Waals surface area (Å²) in [5.74, 6) is 0.0116. The molecular weight excluding hydrogens is 252 g/mol. The lowest BCUT2D eigenvalue weighted by Crippen LogP contribution is -2.21. The smallest absolute Gasteiger partial charge is 0.211 e. The molecule has 0 unspecified atom stereocenters. The van der Waals surface area contributed by atoms with Crippen molar-refractivity contribution in [1.29, 1.82) is 0 Å². The number of phenols is 1. The minimum absolute atomic E-state index is 0.124. The van der Waals surface area contributed by atoms with Gasteiger partial charge in [-0.1, -0.05) is 36.4 Å². The van der Waals surface area contributed by atoms with E-state index in [1.165, 1.54) is 11.8 Å². The molecule has 102 valence electrons. The van der Waals surface area contributed by atoms with Crippen molar-refractivity contribution in [3.8, 4) is 5.75 Å². The van der Waals surface area contributed by atoms with Gasteiger partial charge in [0.1, 0.15) is 5.75 Å². The van der Waals surface area contributed by atoms with E-state index in [-0.39, 0.29) is 11.7 Å². The Bertz CT molecular complexity index is 632. The Morgan fingerprint density at radius 3 is 2.50 bits per heavy atom. The first-order valence-corrected chi connectivity index (χ1v) is 6.13. The predicted octanol–water partition coefficient (Wildman–Crippen LogP) is 1.59. The van der Waals surface area contributed by atoms with Crippen molar-refractivity contribution >= 4 is 12.2 Å². The average Bonchev–Trinajstić information content (AvgIpc) is 2.43. The van der Waals surface area contributed by atoms with E-state index in [4.69, 9.17) is 11.5 Å². The third kappa shape index (κ3) is 3.84. The number of rotatable bonds is 4. The van der Waals surface area contributed by atoms with Crippen LogP contribution in [0.15, 0.2) is 58.7 Å². The van der Waals surface area contributed by atoms with Crippen LogP contribution in [0.3, 0.4) is 0 Å². The third-order valence-electron chi connectivity index (χ3n) is 2.71. The molecule has 0 fully saturated rings. The molecule has 2 aromatic carbocycles. The van der Waals surface area contributed by atoms with Crippen LogP contribution in [0.1, 0.15) is 16.7 Å². The van der Waals surface area contributed by atoms with E-state index in [0.717, 1.165) is 12.0 Å². The fraction of sp³-hybridized carbons (Fsp3) is 0.0667. The van der Waals surface area contributed by atoms with Gasteiger partial charge >= 0.3 is 0 Å². The van der Waals surface area contributed by atoms with Gasteiger partial charge in [0, 0.05) is 5.56 Å². The van der Waals surface area contributed by atoms with Crippen molar-refractivity contribution in [3.63, 3.8) is 0 Å². The molecule has 0 aliphatic carbocycles. The van der Waals surface area contributed by atoms with E-state index >= 15 is 0 Å². The summed E-state index contributed by atoms with van der Waals surface area (Å²) in [7, 11) is 0. The first-order valence-electron chi connectivity index (χ1n) is 6.13. The van der Waals surface area contributed by atoms with Gasteiger partial charge in [0.05, 0.1) is 6.21 Å². The predicted molar refractivity (Wildman–Crippen MR) is 80.8 cm³/mol. The van der Waals surface area contributed by atoms with Gasteiger partial charge in [-0.25, -0.2) is 0 Å². The number of hydrogen-bond acceptors (Lipinski definition) is 3. The first kappa shape index (κ1) is 13.6. The van der Waals surface area contributed by atoms with Crippen molar-refractivity contribution in [2.75, 3.05) is 0 Å². The van der Waals surface area contributed by atoms with Crippen molar-refractivity contribution in [3.05, 3.63) is 65.2 Å². The quantitative estimate of drug-likeness (QED) is 0.446. The second-order valence-corrected chi connectivity index (χ2v) is 4.32. The third-order valence-corrected chi connectivity index (χ3v) is 2.71. The van der Waals surface area contributed by atoms with Crippen LogP contribution < -0.4 is 11.5 Å². The molecule has 0 bridgehead atoms. The zero-order valence-corrected chi connectivity index (χ0v) is 10.9. The fourth-order valence-electron chi connectivity index (χ4n) is 1.81. The Balaban J connectivity index is 2.20. The van der Waals surface area contributed by atoms with E-state index in [1.807, 2.05) is 30.3 Å². The monoisotopic (exact) mass is 268 g/mol. The summed E-state index contributed by atoms with van der Waals surface area (Å²) >= 11 is 0. The highest BCUT2D eigenvalue weighted by atomic mass is 16.3. The Labute approximate surface area is 117 Å². The second-order valence-electron chi connectivity index (χ2n) is 4.32. The molecule has 0 aliphatic heterocycles. The summed E-state index contributed by atoms with van der Waals surface area (Å²) in [5.41, 5.74) is 13.2. The molecule has 0 saturated heterocycles. The van der Waals surface area contributed by atoms with Gasteiger partial charge in [0.2, 0.25) is 5.96 Å². The lowest BCUT2D eigenvalue weighted by atomic mass is 10.0. The molecule has 0 aliphatic rings. The summed E-state index contributed by atoms with van der Waals surface area (Å²) < 4.78 is 0. The highest BCUT2D eigenvalue weighted by Gasteiger charge is 2.02. The Morgan fingerprint density at radius 1 is 1.05 bits per heavy atom. The molecule has 5 N–H and O–H groups in total. The highest BCUT2D eigenvalue weighted by molar-refractivity contribution is 5.84. The molecule has 2 rings (SSSR count). The molecule has 0 aromatic heterocycles. The van der Waals surface area contributed by atoms with Crippen LogP contribution in [-0.4, -0.2) is 17.3 Å². The summed E-state index contributed by atoms with van der Waals surface area (Å²) in [5, 5.41) is 17.0. The molecule has 0 amide bonds. The van der Waals surface area contributed by atoms with Gasteiger partial charge in [0.15, 0.2) is 0 Å². The lowest BCUT2D eigenvalue weighted by molar-refractivity contribution is 0.474. The lowest BCUT2D eigenvalue weighted by Gasteiger charge is -2.04. The minimum atomic E-state index is -0.124. The van der Waals surface area contributed by atoms with Crippen LogP contribution in [0, 0.1) is 0 Å². The Hall–Kier alpha value is -2.82. The molecule has 20 heavy (non-hydrogen) atoms. The van der Waals surface area contributed by atoms with E-state index in [1.54, 1.807) is 6.07 Å². The number of hydrogen-bond donors (Lipinski definition) is 3. The van der Waals surface area contributed by atoms with Gasteiger partial charge in [0.25, 0.3) is 0 Å². The maximum absolute atomic E-state index is 9.76. The van der Waals surface area contributed by atoms with Crippen LogP contribution in [0.4, 0.5) is 0 Å². The van der Waals surface area contributed by atoms with Crippen LogP contribution in [0.5, 0.6) is 5.75 Å². The van der Waals surface area contributed by atoms with Gasteiger partial charge in [-0.05, 0) is 29.7 Å². The van der Waals surface area contributed by atoms with Crippen LogP contribution in [-0.2, 0) is 6.42 Å². The zero-order chi connectivity index (χ0) is 14.4. The summed E-state index contributed by atoms with van der Waals surface area (Å²) in [6.07, 6.45) is 2.20. The molecule has 2 aromatic rings. The summed E-state index contributed by atoms with van der Waals surface area (Å²) in [4.78, 5) is 0. The number of nitrogens with two attached hydrogens (primary N) is 2. The minimum Gasteiger partial charge on any atom is -0.507 e. The maximum atomic E-state index is 9.76. The molecule has 0 radical (unpaired) electrons. The largest absolute Gasteiger partial charge is 0.507 e. The van der Waals surface area contributed by atoms with Gasteiger partial charge in [-0.15, -0.1) is 5.10 Å². The average molecular weight is 268 g/mol. The molecule has 0 saturated carbocycles. The number of nitrogens with zero attached hydrogens (tertiary/aromatic N) is 2. The van der Waals surface area contributed by atoms with Gasteiger partial charge in [-0.3, -0.25) is 0 Å². The van der Waals surface area contributed by atoms with E-state index in [0.29, 0.717) is 5.56 Å². The Kier molecular flexibility index (Phi) is 4.34. The summed E-state index contributed by atoms with van der Waals surface area (Å²) in [6.45, 7) is 0. The summed E-state index contributed by atoms with van der Waals surface area (Å²) in [6, 6.07) is 15.4. The molecule has 0 spiro atoms. The van der Waals surface area contributed by atoms with Crippen molar-refractivity contribution in [1.82, 2.24) is 0 Å². The molecule has 5 heteroatoms. The van der Waals surface area contributed by atoms with E-state index < -0.39 is 0 Å². The van der Waals surface area contributed by atoms with Crippen molar-refractivity contribution < 1.29 is 5.11 Å². The fourth-order valence-corrected chi connectivity index (χ4v) is 1.81. The van der Waals surface area contributed by atoms with Crippen LogP contribution in [0.25, 0.3) is 0 Å². The number of aromatic hydroxyl groups is 1. The van der Waals surface area contributed by atoms with Crippen molar-refractivity contribution in [2.24, 2.45) is 21.7 Å². The van der Waals surface area contributed by atoms with E-state index in [2.05, 4.69) is 22.3 Å². The second kappa shape index (κ2) is 6.38. The SMILES string of the molecule is NC(N)=NN=Cc1cc(Cc2ccccc2)ccc1O. The first-order chi connectivity index (χ1) is 9.65. The number of guanidine groups is 1. The van der Waals surface area contributed by atoms with Gasteiger partial charge < -0.3 is 16.6 Å². The van der Waals surface area contributed by atoms with E-state index in [9.17, 15) is 5.11 Å². The number of benzene rings is 2. The van der Waals surface area contributed by atoms with Crippen LogP contribution >= 0.6 is 0 Å². The topological polar surface area (TPSA) is 97.0 Å². The number of phenolic OH excluding ortho intramolecular Hbond substituents is 1. The zero-order valence-electron chi connectivity index (χ0n) is 10.9. The van der Waals surface area contributed by atoms with Crippen molar-refractivity contribution in [2.45, 2.75) is 6.42 Å². The standard InChI is InChI=1S/C15H16N4O/c16-15(17)19-18-10-13-9-12(6-7-14(13)20)8-11-4-2-1-3-5-11/h1-7,9-10,20H,8H2,(H4,16,17,19). The highest BCUT2D eigenvalue weighted by Crippen LogP contribution is 2.19. The normalized spacial score (nSPS) is 10.6.